The van der Waals surface area contributed by atoms with Gasteiger partial charge in [0, 0.05) is 16.5 Å². The van der Waals surface area contributed by atoms with Crippen LogP contribution in [0, 0.1) is 0 Å². The van der Waals surface area contributed by atoms with Crippen LogP contribution in [0.3, 0.4) is 0 Å². The van der Waals surface area contributed by atoms with Crippen molar-refractivity contribution in [2.45, 2.75) is 4.90 Å². The fourth-order valence-electron chi connectivity index (χ4n) is 3.01. The molecule has 0 atom stereocenters. The fraction of sp³-hybridized carbons (Fsp3) is 0.0500. The highest BCUT2D eigenvalue weighted by Gasteiger charge is 2.16. The number of para-hydroxylation sites is 1. The number of hydrogen-bond donors (Lipinski definition) is 0. The zero-order chi connectivity index (χ0) is 14.9. The molecule has 0 spiro atoms. The SMILES string of the molecule is CSc1cc(-c2ccnc3ccccc23)c2cccccc1-2. The summed E-state index contributed by atoms with van der Waals surface area (Å²) < 4.78 is 0. The summed E-state index contributed by atoms with van der Waals surface area (Å²) in [5.74, 6) is 0. The van der Waals surface area contributed by atoms with E-state index in [-0.39, 0.29) is 0 Å². The molecule has 0 bridgehead atoms. The Morgan fingerprint density at radius 1 is 0.727 bits per heavy atom. The Morgan fingerprint density at radius 3 is 2.36 bits per heavy atom. The van der Waals surface area contributed by atoms with Gasteiger partial charge >= 0.3 is 0 Å². The van der Waals surface area contributed by atoms with Crippen molar-refractivity contribution < 1.29 is 0 Å². The highest BCUT2D eigenvalue weighted by molar-refractivity contribution is 7.98. The quantitative estimate of drug-likeness (QED) is 0.439. The molecule has 1 heterocycles. The number of hydrogen-bond acceptors (Lipinski definition) is 2. The van der Waals surface area contributed by atoms with E-state index in [1.54, 1.807) is 11.8 Å². The third-order valence-corrected chi connectivity index (χ3v) is 4.81. The Kier molecular flexibility index (Phi) is 3.32. The van der Waals surface area contributed by atoms with E-state index >= 15 is 0 Å². The number of thioether (sulfide) groups is 1. The van der Waals surface area contributed by atoms with E-state index in [0.29, 0.717) is 0 Å². The van der Waals surface area contributed by atoms with Crippen LogP contribution < -0.4 is 0 Å². The van der Waals surface area contributed by atoms with Crippen LogP contribution in [0.4, 0.5) is 0 Å². The topological polar surface area (TPSA) is 12.9 Å². The van der Waals surface area contributed by atoms with Crippen LogP contribution in [0.2, 0.25) is 0 Å². The molecule has 0 unspecified atom stereocenters. The first-order chi connectivity index (χ1) is 10.9. The second kappa shape index (κ2) is 5.47. The minimum Gasteiger partial charge on any atom is -0.256 e. The Bertz CT molecular complexity index is 924. The van der Waals surface area contributed by atoms with Gasteiger partial charge in [-0.2, -0.15) is 0 Å². The number of pyridine rings is 1. The van der Waals surface area contributed by atoms with Crippen molar-refractivity contribution in [2.75, 3.05) is 6.26 Å². The van der Waals surface area contributed by atoms with Crippen LogP contribution in [-0.2, 0) is 0 Å². The summed E-state index contributed by atoms with van der Waals surface area (Å²) in [6.45, 7) is 0. The van der Waals surface area contributed by atoms with E-state index in [9.17, 15) is 0 Å². The predicted molar refractivity (Wildman–Crippen MR) is 95.6 cm³/mol. The number of aromatic nitrogens is 1. The summed E-state index contributed by atoms with van der Waals surface area (Å²) >= 11 is 1.80. The maximum atomic E-state index is 4.48. The van der Waals surface area contributed by atoms with Crippen molar-refractivity contribution in [2.24, 2.45) is 0 Å². The van der Waals surface area contributed by atoms with E-state index in [1.807, 2.05) is 12.3 Å². The summed E-state index contributed by atoms with van der Waals surface area (Å²) in [5, 5.41) is 1.20. The molecule has 1 aromatic carbocycles. The zero-order valence-corrected chi connectivity index (χ0v) is 13.1. The maximum Gasteiger partial charge on any atom is 0.0708 e. The van der Waals surface area contributed by atoms with Gasteiger partial charge in [0.1, 0.15) is 0 Å². The minimum atomic E-state index is 1.04. The van der Waals surface area contributed by atoms with Gasteiger partial charge in [0.05, 0.1) is 5.52 Å². The first kappa shape index (κ1) is 13.4. The standard InChI is InChI=1S/C20H15NS/c1-22-20-13-18(14-7-3-2-4-9-17(14)20)15-11-12-21-19-10-6-5-8-16(15)19/h2-13H,1H3. The monoisotopic (exact) mass is 301 g/mol. The molecule has 0 saturated heterocycles. The lowest BCUT2D eigenvalue weighted by atomic mass is 9.99. The average molecular weight is 301 g/mol. The predicted octanol–water partition coefficient (Wildman–Crippen LogP) is 5.73. The number of fused-ring (bicyclic) bond motifs is 2. The van der Waals surface area contributed by atoms with Gasteiger partial charge in [-0.25, -0.2) is 0 Å². The third kappa shape index (κ3) is 2.08. The molecular weight excluding hydrogens is 286 g/mol. The summed E-state index contributed by atoms with van der Waals surface area (Å²) in [7, 11) is 0. The summed E-state index contributed by atoms with van der Waals surface area (Å²) in [5.41, 5.74) is 6.19. The van der Waals surface area contributed by atoms with Gasteiger partial charge in [-0.05, 0) is 46.7 Å². The first-order valence-corrected chi connectivity index (χ1v) is 8.51. The molecule has 0 radical (unpaired) electrons. The maximum absolute atomic E-state index is 4.48. The van der Waals surface area contributed by atoms with Crippen LogP contribution in [0.1, 0.15) is 0 Å². The zero-order valence-electron chi connectivity index (χ0n) is 12.3. The highest BCUT2D eigenvalue weighted by Crippen LogP contribution is 2.43. The molecule has 0 fully saturated rings. The molecule has 0 saturated carbocycles. The van der Waals surface area contributed by atoms with Gasteiger partial charge < -0.3 is 0 Å². The van der Waals surface area contributed by atoms with Crippen LogP contribution in [-0.4, -0.2) is 11.2 Å². The Balaban J connectivity index is 2.06. The second-order valence-corrected chi connectivity index (χ2v) is 6.09. The van der Waals surface area contributed by atoms with Gasteiger partial charge in [-0.3, -0.25) is 4.98 Å². The second-order valence-electron chi connectivity index (χ2n) is 5.24. The van der Waals surface area contributed by atoms with E-state index < -0.39 is 0 Å². The van der Waals surface area contributed by atoms with Crippen LogP contribution in [0.25, 0.3) is 33.2 Å². The molecule has 0 N–H and O–H groups in total. The Hall–Kier alpha value is -2.32. The molecule has 2 aliphatic rings. The van der Waals surface area contributed by atoms with Gasteiger partial charge in [-0.1, -0.05) is 48.5 Å². The number of benzene rings is 1. The van der Waals surface area contributed by atoms with Gasteiger partial charge in [0.25, 0.3) is 0 Å². The third-order valence-electron chi connectivity index (χ3n) is 4.03. The van der Waals surface area contributed by atoms with Gasteiger partial charge in [-0.15, -0.1) is 11.8 Å². The average Bonchev–Trinajstić information content (AvgIpc) is 2.75. The lowest BCUT2D eigenvalue weighted by Gasteiger charge is -2.06. The molecular formula is C20H15NS. The van der Waals surface area contributed by atoms with Crippen molar-refractivity contribution in [3.63, 3.8) is 0 Å². The molecule has 1 aromatic heterocycles. The number of nitrogens with zero attached hydrogens (tertiary/aromatic N) is 1. The number of rotatable bonds is 2. The molecule has 0 amide bonds. The van der Waals surface area contributed by atoms with E-state index in [0.717, 1.165) is 5.52 Å². The van der Waals surface area contributed by atoms with Crippen LogP contribution >= 0.6 is 11.8 Å². The summed E-state index contributed by atoms with van der Waals surface area (Å²) in [4.78, 5) is 5.80. The molecule has 4 rings (SSSR count). The smallest absolute Gasteiger partial charge is 0.0708 e. The first-order valence-electron chi connectivity index (χ1n) is 7.28. The van der Waals surface area contributed by atoms with E-state index in [2.05, 4.69) is 71.9 Å². The highest BCUT2D eigenvalue weighted by atomic mass is 32.2. The van der Waals surface area contributed by atoms with E-state index in [4.69, 9.17) is 0 Å². The molecule has 2 aliphatic carbocycles. The van der Waals surface area contributed by atoms with Gasteiger partial charge in [0.15, 0.2) is 0 Å². The lowest BCUT2D eigenvalue weighted by molar-refractivity contribution is 1.41. The van der Waals surface area contributed by atoms with Gasteiger partial charge in [0.2, 0.25) is 0 Å². The van der Waals surface area contributed by atoms with Crippen molar-refractivity contribution >= 4 is 22.7 Å². The molecule has 0 aliphatic heterocycles. The summed E-state index contributed by atoms with van der Waals surface area (Å²) in [6, 6.07) is 23.5. The Morgan fingerprint density at radius 2 is 1.50 bits per heavy atom. The molecule has 106 valence electrons. The normalized spacial score (nSPS) is 11.1. The molecule has 1 nitrogen and oxygen atoms in total. The molecule has 2 aromatic rings. The van der Waals surface area contributed by atoms with Crippen molar-refractivity contribution in [3.05, 3.63) is 72.9 Å². The molecule has 22 heavy (non-hydrogen) atoms. The van der Waals surface area contributed by atoms with Crippen LogP contribution in [0.5, 0.6) is 0 Å². The Labute approximate surface area is 134 Å². The largest absolute Gasteiger partial charge is 0.256 e. The minimum absolute atomic E-state index is 1.04. The summed E-state index contributed by atoms with van der Waals surface area (Å²) in [6.07, 6.45) is 4.04. The fourth-order valence-corrected chi connectivity index (χ4v) is 3.64. The van der Waals surface area contributed by atoms with E-state index in [1.165, 1.54) is 32.5 Å². The van der Waals surface area contributed by atoms with Crippen molar-refractivity contribution in [3.8, 4) is 22.3 Å². The molecule has 2 heteroatoms. The van der Waals surface area contributed by atoms with Crippen molar-refractivity contribution in [1.82, 2.24) is 4.98 Å². The lowest BCUT2D eigenvalue weighted by Crippen LogP contribution is -1.83. The van der Waals surface area contributed by atoms with Crippen LogP contribution in [0.15, 0.2) is 77.8 Å². The van der Waals surface area contributed by atoms with Crippen molar-refractivity contribution in [1.29, 1.82) is 0 Å².